The lowest BCUT2D eigenvalue weighted by Crippen LogP contribution is -2.56. The van der Waals surface area contributed by atoms with Crippen LogP contribution in [0.5, 0.6) is 0 Å². The summed E-state index contributed by atoms with van der Waals surface area (Å²) in [5.41, 5.74) is 1.42. The molecule has 28 heavy (non-hydrogen) atoms. The van der Waals surface area contributed by atoms with Crippen molar-refractivity contribution < 1.29 is 9.72 Å². The number of amides is 1. The zero-order valence-electron chi connectivity index (χ0n) is 14.4. The van der Waals surface area contributed by atoms with Gasteiger partial charge in [0.1, 0.15) is 6.17 Å². The van der Waals surface area contributed by atoms with Crippen LogP contribution in [-0.4, -0.2) is 25.9 Å². The van der Waals surface area contributed by atoms with Crippen molar-refractivity contribution in [2.24, 2.45) is 0 Å². The standard InChI is InChI=1S/C17H15Cl3N4O3S/c1-10-5-2-3-8-13(10)14(25)22-15(17(18,19)20)23-16(28)21-11-6-4-7-12(9-11)24(26)27/h2-9,15H,1H3,(H,22,25)(H2,21,23,28)/t15-/m1/s1. The van der Waals surface area contributed by atoms with Gasteiger partial charge in [-0.15, -0.1) is 0 Å². The highest BCUT2D eigenvalue weighted by atomic mass is 35.6. The average Bonchev–Trinajstić information content (AvgIpc) is 2.60. The summed E-state index contributed by atoms with van der Waals surface area (Å²) in [5.74, 6) is -0.458. The molecule has 0 saturated carbocycles. The molecule has 2 rings (SSSR count). The number of nitro benzene ring substituents is 1. The van der Waals surface area contributed by atoms with Crippen LogP contribution in [0.1, 0.15) is 15.9 Å². The molecule has 0 aromatic heterocycles. The van der Waals surface area contributed by atoms with Crippen LogP contribution in [0.15, 0.2) is 48.5 Å². The van der Waals surface area contributed by atoms with Crippen molar-refractivity contribution in [3.63, 3.8) is 0 Å². The summed E-state index contributed by atoms with van der Waals surface area (Å²) in [6.07, 6.45) is -1.16. The van der Waals surface area contributed by atoms with E-state index in [4.69, 9.17) is 47.0 Å². The zero-order chi connectivity index (χ0) is 20.9. The highest BCUT2D eigenvalue weighted by Crippen LogP contribution is 2.29. The quantitative estimate of drug-likeness (QED) is 0.202. The van der Waals surface area contributed by atoms with Gasteiger partial charge in [0, 0.05) is 23.4 Å². The van der Waals surface area contributed by atoms with Gasteiger partial charge in [-0.05, 0) is 36.8 Å². The molecule has 0 aliphatic carbocycles. The Labute approximate surface area is 181 Å². The van der Waals surface area contributed by atoms with Gasteiger partial charge in [0.25, 0.3) is 11.6 Å². The maximum atomic E-state index is 12.5. The van der Waals surface area contributed by atoms with E-state index in [0.717, 1.165) is 5.56 Å². The lowest BCUT2D eigenvalue weighted by atomic mass is 10.1. The van der Waals surface area contributed by atoms with Crippen LogP contribution < -0.4 is 16.0 Å². The second-order valence-electron chi connectivity index (χ2n) is 5.67. The van der Waals surface area contributed by atoms with E-state index in [2.05, 4.69) is 16.0 Å². The monoisotopic (exact) mass is 460 g/mol. The van der Waals surface area contributed by atoms with E-state index in [1.54, 1.807) is 37.3 Å². The summed E-state index contributed by atoms with van der Waals surface area (Å²) in [6, 6.07) is 12.6. The molecule has 0 fully saturated rings. The number of non-ortho nitro benzene ring substituents is 1. The summed E-state index contributed by atoms with van der Waals surface area (Å²) in [6.45, 7) is 1.78. The van der Waals surface area contributed by atoms with Crippen LogP contribution in [0.3, 0.4) is 0 Å². The van der Waals surface area contributed by atoms with Crippen LogP contribution in [0, 0.1) is 17.0 Å². The van der Waals surface area contributed by atoms with Gasteiger partial charge in [-0.25, -0.2) is 0 Å². The molecule has 3 N–H and O–H groups in total. The molecule has 1 atom stereocenters. The van der Waals surface area contributed by atoms with E-state index >= 15 is 0 Å². The predicted molar refractivity (Wildman–Crippen MR) is 115 cm³/mol. The van der Waals surface area contributed by atoms with E-state index in [9.17, 15) is 14.9 Å². The number of benzene rings is 2. The van der Waals surface area contributed by atoms with Crippen LogP contribution >= 0.6 is 47.0 Å². The molecule has 148 valence electrons. The van der Waals surface area contributed by atoms with E-state index in [0.29, 0.717) is 11.3 Å². The molecule has 2 aromatic carbocycles. The molecule has 11 heteroatoms. The number of anilines is 1. The smallest absolute Gasteiger partial charge is 0.271 e. The largest absolute Gasteiger partial charge is 0.339 e. The normalized spacial score (nSPS) is 12.0. The topological polar surface area (TPSA) is 96.3 Å². The first-order chi connectivity index (χ1) is 13.1. The van der Waals surface area contributed by atoms with Gasteiger partial charge in [-0.2, -0.15) is 0 Å². The van der Waals surface area contributed by atoms with Gasteiger partial charge >= 0.3 is 0 Å². The Morgan fingerprint density at radius 1 is 1.14 bits per heavy atom. The molecular weight excluding hydrogens is 447 g/mol. The van der Waals surface area contributed by atoms with Gasteiger partial charge in [0.2, 0.25) is 3.79 Å². The highest BCUT2D eigenvalue weighted by molar-refractivity contribution is 7.80. The summed E-state index contributed by atoms with van der Waals surface area (Å²) < 4.78 is -1.92. The Balaban J connectivity index is 2.11. The Kier molecular flexibility index (Phi) is 7.42. The molecule has 0 heterocycles. The molecule has 1 amide bonds. The molecule has 0 aliphatic heterocycles. The Morgan fingerprint density at radius 3 is 2.43 bits per heavy atom. The number of hydrogen-bond acceptors (Lipinski definition) is 4. The van der Waals surface area contributed by atoms with E-state index in [1.165, 1.54) is 18.2 Å². The maximum Gasteiger partial charge on any atom is 0.271 e. The zero-order valence-corrected chi connectivity index (χ0v) is 17.5. The van der Waals surface area contributed by atoms with E-state index < -0.39 is 20.8 Å². The Bertz CT molecular complexity index is 905. The maximum absolute atomic E-state index is 12.5. The molecule has 2 aromatic rings. The first kappa shape index (κ1) is 22.2. The number of alkyl halides is 3. The number of rotatable bonds is 5. The van der Waals surface area contributed by atoms with Gasteiger partial charge < -0.3 is 16.0 Å². The molecule has 0 radical (unpaired) electrons. The van der Waals surface area contributed by atoms with E-state index in [1.807, 2.05) is 0 Å². The van der Waals surface area contributed by atoms with Gasteiger partial charge in [0.15, 0.2) is 5.11 Å². The predicted octanol–water partition coefficient (Wildman–Crippen LogP) is 4.32. The van der Waals surface area contributed by atoms with Crippen molar-refractivity contribution in [3.05, 3.63) is 69.8 Å². The second kappa shape index (κ2) is 9.38. The molecule has 0 aliphatic rings. The van der Waals surface area contributed by atoms with Gasteiger partial charge in [-0.3, -0.25) is 14.9 Å². The summed E-state index contributed by atoms with van der Waals surface area (Å²) >= 11 is 23.1. The number of halogens is 3. The first-order valence-corrected chi connectivity index (χ1v) is 9.37. The highest BCUT2D eigenvalue weighted by Gasteiger charge is 2.35. The van der Waals surface area contributed by atoms with Crippen LogP contribution in [-0.2, 0) is 0 Å². The third-order valence-corrected chi connectivity index (χ3v) is 4.46. The number of nitrogens with one attached hydrogen (secondary N) is 3. The summed E-state index contributed by atoms with van der Waals surface area (Å²) in [7, 11) is 0. The molecule has 7 nitrogen and oxygen atoms in total. The van der Waals surface area contributed by atoms with Crippen LogP contribution in [0.2, 0.25) is 0 Å². The number of nitro groups is 1. The molecule has 0 spiro atoms. The van der Waals surface area contributed by atoms with Crippen molar-refractivity contribution in [3.8, 4) is 0 Å². The fourth-order valence-corrected chi connectivity index (χ4v) is 2.79. The van der Waals surface area contributed by atoms with E-state index in [-0.39, 0.29) is 10.8 Å². The Hall–Kier alpha value is -2.13. The van der Waals surface area contributed by atoms with Crippen molar-refractivity contribution in [2.75, 3.05) is 5.32 Å². The molecular formula is C17H15Cl3N4O3S. The molecule has 0 bridgehead atoms. The second-order valence-corrected chi connectivity index (χ2v) is 8.45. The minimum absolute atomic E-state index is 0.00177. The minimum Gasteiger partial charge on any atom is -0.339 e. The fourth-order valence-electron chi connectivity index (χ4n) is 2.23. The SMILES string of the molecule is Cc1ccccc1C(=O)N[C@H](NC(=S)Nc1cccc([N+](=O)[O-])c1)C(Cl)(Cl)Cl. The number of hydrogen-bond donors (Lipinski definition) is 3. The minimum atomic E-state index is -1.92. The van der Waals surface area contributed by atoms with Crippen molar-refractivity contribution >= 4 is 69.4 Å². The third-order valence-electron chi connectivity index (χ3n) is 3.58. The lowest BCUT2D eigenvalue weighted by Gasteiger charge is -2.28. The van der Waals surface area contributed by atoms with Crippen molar-refractivity contribution in [1.29, 1.82) is 0 Å². The third kappa shape index (κ3) is 6.20. The Morgan fingerprint density at radius 2 is 1.82 bits per heavy atom. The fraction of sp³-hybridized carbons (Fsp3) is 0.176. The van der Waals surface area contributed by atoms with Gasteiger partial charge in [0.05, 0.1) is 4.92 Å². The van der Waals surface area contributed by atoms with Gasteiger partial charge in [-0.1, -0.05) is 59.1 Å². The number of carbonyl (C=O) groups excluding carboxylic acids is 1. The molecule has 0 unspecified atom stereocenters. The van der Waals surface area contributed by atoms with Crippen LogP contribution in [0.25, 0.3) is 0 Å². The van der Waals surface area contributed by atoms with Crippen molar-refractivity contribution in [1.82, 2.24) is 10.6 Å². The lowest BCUT2D eigenvalue weighted by molar-refractivity contribution is -0.384. The molecule has 0 saturated heterocycles. The average molecular weight is 462 g/mol. The van der Waals surface area contributed by atoms with Crippen molar-refractivity contribution in [2.45, 2.75) is 16.9 Å². The summed E-state index contributed by atoms with van der Waals surface area (Å²) in [4.78, 5) is 22.8. The number of thiocarbonyl (C=S) groups is 1. The summed E-state index contributed by atoms with van der Waals surface area (Å²) in [5, 5.41) is 18.9. The number of nitrogens with zero attached hydrogens (tertiary/aromatic N) is 1. The first-order valence-electron chi connectivity index (χ1n) is 7.83. The number of aryl methyl sites for hydroxylation is 1. The number of carbonyl (C=O) groups is 1. The van der Waals surface area contributed by atoms with Crippen LogP contribution in [0.4, 0.5) is 11.4 Å².